The Kier molecular flexibility index (Phi) is 4.53. The van der Waals surface area contributed by atoms with Crippen LogP contribution in [-0.2, 0) is 14.6 Å². The highest BCUT2D eigenvalue weighted by atomic mass is 32.2. The van der Waals surface area contributed by atoms with Crippen LogP contribution in [0.25, 0.3) is 10.8 Å². The molecular weight excluding hydrogens is 328 g/mol. The normalized spacial score (nSPS) is 19.6. The second-order valence-corrected chi connectivity index (χ2v) is 7.97. The smallest absolute Gasteiger partial charge is 0.244 e. The fourth-order valence-corrected chi connectivity index (χ4v) is 4.58. The number of nitrogens with zero attached hydrogens (tertiary/aromatic N) is 1. The van der Waals surface area contributed by atoms with E-state index in [0.29, 0.717) is 12.2 Å². The number of ether oxygens (including phenoxy) is 1. The fraction of sp³-hybridized carbons (Fsp3) is 0.294. The molecule has 2 aromatic carbocycles. The molecule has 3 rings (SSSR count). The molecule has 0 radical (unpaired) electrons. The van der Waals surface area contributed by atoms with Crippen molar-refractivity contribution in [3.63, 3.8) is 0 Å². The molecule has 1 saturated heterocycles. The van der Waals surface area contributed by atoms with Crippen molar-refractivity contribution in [1.82, 2.24) is 5.43 Å². The Morgan fingerprint density at radius 3 is 2.79 bits per heavy atom. The van der Waals surface area contributed by atoms with Crippen LogP contribution in [0, 0.1) is 5.92 Å². The average Bonchev–Trinajstić information content (AvgIpc) is 2.95. The summed E-state index contributed by atoms with van der Waals surface area (Å²) in [7, 11) is -1.52. The first-order valence-corrected chi connectivity index (χ1v) is 9.41. The summed E-state index contributed by atoms with van der Waals surface area (Å²) in [6.07, 6.45) is 1.88. The summed E-state index contributed by atoms with van der Waals surface area (Å²) in [5.41, 5.74) is 3.20. The molecule has 2 aromatic rings. The van der Waals surface area contributed by atoms with Crippen molar-refractivity contribution in [2.45, 2.75) is 6.42 Å². The number of hydrogen-bond acceptors (Lipinski definition) is 5. The zero-order valence-electron chi connectivity index (χ0n) is 13.2. The van der Waals surface area contributed by atoms with E-state index in [1.807, 2.05) is 36.4 Å². The van der Waals surface area contributed by atoms with E-state index in [1.54, 1.807) is 7.11 Å². The number of amides is 1. The summed E-state index contributed by atoms with van der Waals surface area (Å²) in [6, 6.07) is 11.6. The molecule has 0 bridgehead atoms. The molecule has 6 nitrogen and oxygen atoms in total. The number of carbonyl (C=O) groups excluding carboxylic acids is 1. The molecule has 0 aliphatic carbocycles. The van der Waals surface area contributed by atoms with Gasteiger partial charge in [0.15, 0.2) is 9.84 Å². The molecule has 1 aliphatic heterocycles. The number of methoxy groups -OCH3 is 1. The van der Waals surface area contributed by atoms with Gasteiger partial charge in [0.25, 0.3) is 0 Å². The Hall–Kier alpha value is -2.41. The highest BCUT2D eigenvalue weighted by Crippen LogP contribution is 2.26. The minimum atomic E-state index is -3.09. The van der Waals surface area contributed by atoms with Crippen LogP contribution in [0.1, 0.15) is 12.0 Å². The molecule has 0 unspecified atom stereocenters. The maximum atomic E-state index is 12.0. The van der Waals surface area contributed by atoms with Gasteiger partial charge in [-0.3, -0.25) is 4.79 Å². The first-order chi connectivity index (χ1) is 11.5. The third-order valence-corrected chi connectivity index (χ3v) is 5.89. The van der Waals surface area contributed by atoms with Gasteiger partial charge in [-0.15, -0.1) is 0 Å². The van der Waals surface area contributed by atoms with E-state index in [-0.39, 0.29) is 17.4 Å². The molecule has 0 saturated carbocycles. The third-order valence-electron chi connectivity index (χ3n) is 4.12. The maximum Gasteiger partial charge on any atom is 0.244 e. The van der Waals surface area contributed by atoms with Gasteiger partial charge in [0.2, 0.25) is 5.91 Å². The summed E-state index contributed by atoms with van der Waals surface area (Å²) in [5.74, 6) is -0.291. The molecule has 126 valence electrons. The van der Waals surface area contributed by atoms with Crippen LogP contribution in [0.3, 0.4) is 0 Å². The zero-order valence-corrected chi connectivity index (χ0v) is 14.0. The van der Waals surface area contributed by atoms with Crippen molar-refractivity contribution in [2.24, 2.45) is 11.0 Å². The van der Waals surface area contributed by atoms with Gasteiger partial charge in [-0.1, -0.05) is 30.3 Å². The van der Waals surface area contributed by atoms with Crippen LogP contribution in [-0.4, -0.2) is 39.2 Å². The fourth-order valence-electron chi connectivity index (χ4n) is 2.84. The molecule has 7 heteroatoms. The van der Waals surface area contributed by atoms with Gasteiger partial charge in [-0.05, 0) is 23.3 Å². The summed E-state index contributed by atoms with van der Waals surface area (Å²) in [6.45, 7) is 0. The minimum absolute atomic E-state index is 0.0615. The van der Waals surface area contributed by atoms with Gasteiger partial charge in [-0.2, -0.15) is 5.10 Å². The van der Waals surface area contributed by atoms with E-state index >= 15 is 0 Å². The lowest BCUT2D eigenvalue weighted by molar-refractivity contribution is -0.124. The number of fused-ring (bicyclic) bond motifs is 1. The number of hydrazone groups is 1. The summed E-state index contributed by atoms with van der Waals surface area (Å²) >= 11 is 0. The average molecular weight is 346 g/mol. The van der Waals surface area contributed by atoms with Gasteiger partial charge in [0, 0.05) is 5.56 Å². The van der Waals surface area contributed by atoms with Gasteiger partial charge >= 0.3 is 0 Å². The molecule has 1 aliphatic rings. The SMILES string of the molecule is COc1ccc2ccccc2c1/C=N\NC(=O)[C@H]1CCS(=O)(=O)C1. The highest BCUT2D eigenvalue weighted by molar-refractivity contribution is 7.91. The van der Waals surface area contributed by atoms with Crippen LogP contribution in [0.15, 0.2) is 41.5 Å². The summed E-state index contributed by atoms with van der Waals surface area (Å²) in [5, 5.41) is 5.99. The van der Waals surface area contributed by atoms with Gasteiger partial charge in [0.1, 0.15) is 5.75 Å². The summed E-state index contributed by atoms with van der Waals surface area (Å²) < 4.78 is 28.2. The van der Waals surface area contributed by atoms with Crippen LogP contribution >= 0.6 is 0 Å². The number of benzene rings is 2. The second kappa shape index (κ2) is 6.60. The first kappa shape index (κ1) is 16.4. The van der Waals surface area contributed by atoms with Gasteiger partial charge < -0.3 is 4.74 Å². The van der Waals surface area contributed by atoms with Crippen molar-refractivity contribution in [1.29, 1.82) is 0 Å². The minimum Gasteiger partial charge on any atom is -0.496 e. The van der Waals surface area contributed by atoms with Crippen molar-refractivity contribution >= 4 is 32.7 Å². The standard InChI is InChI=1S/C17H18N2O4S/c1-23-16-7-6-12-4-2-3-5-14(12)15(16)10-18-19-17(20)13-8-9-24(21,22)11-13/h2-7,10,13H,8-9,11H2,1H3,(H,19,20)/b18-10-/t13-/m0/s1. The van der Waals surface area contributed by atoms with Crippen LogP contribution in [0.4, 0.5) is 0 Å². The molecule has 1 heterocycles. The van der Waals surface area contributed by atoms with Crippen molar-refractivity contribution in [2.75, 3.05) is 18.6 Å². The Morgan fingerprint density at radius 1 is 1.29 bits per heavy atom. The lowest BCUT2D eigenvalue weighted by atomic mass is 10.0. The number of rotatable bonds is 4. The van der Waals surface area contributed by atoms with Crippen molar-refractivity contribution in [3.05, 3.63) is 42.0 Å². The van der Waals surface area contributed by atoms with E-state index in [2.05, 4.69) is 10.5 Å². The second-order valence-electron chi connectivity index (χ2n) is 5.74. The van der Waals surface area contributed by atoms with Crippen molar-refractivity contribution < 1.29 is 17.9 Å². The quantitative estimate of drug-likeness (QED) is 0.675. The van der Waals surface area contributed by atoms with Gasteiger partial charge in [0.05, 0.1) is 30.7 Å². The number of hydrogen-bond donors (Lipinski definition) is 1. The molecule has 1 atom stereocenters. The predicted octanol–water partition coefficient (Wildman–Crippen LogP) is 1.73. The Bertz CT molecular complexity index is 906. The largest absolute Gasteiger partial charge is 0.496 e. The van der Waals surface area contributed by atoms with Crippen LogP contribution in [0.2, 0.25) is 0 Å². The van der Waals surface area contributed by atoms with Crippen molar-refractivity contribution in [3.8, 4) is 5.75 Å². The first-order valence-electron chi connectivity index (χ1n) is 7.59. The van der Waals surface area contributed by atoms with Crippen LogP contribution in [0.5, 0.6) is 5.75 Å². The maximum absolute atomic E-state index is 12.0. The molecule has 1 fully saturated rings. The third kappa shape index (κ3) is 3.41. The zero-order chi connectivity index (χ0) is 17.2. The monoisotopic (exact) mass is 346 g/mol. The Morgan fingerprint density at radius 2 is 2.08 bits per heavy atom. The molecule has 0 aromatic heterocycles. The lowest BCUT2D eigenvalue weighted by Gasteiger charge is -2.09. The van der Waals surface area contributed by atoms with E-state index in [1.165, 1.54) is 6.21 Å². The lowest BCUT2D eigenvalue weighted by Crippen LogP contribution is -2.27. The Balaban J connectivity index is 1.79. The number of nitrogens with one attached hydrogen (secondary N) is 1. The van der Waals surface area contributed by atoms with Gasteiger partial charge in [-0.25, -0.2) is 13.8 Å². The van der Waals surface area contributed by atoms with E-state index in [4.69, 9.17) is 4.74 Å². The van der Waals surface area contributed by atoms with E-state index < -0.39 is 15.8 Å². The predicted molar refractivity (Wildman–Crippen MR) is 93.0 cm³/mol. The van der Waals surface area contributed by atoms with E-state index in [9.17, 15) is 13.2 Å². The molecule has 1 N–H and O–H groups in total. The molecule has 24 heavy (non-hydrogen) atoms. The number of sulfone groups is 1. The Labute approximate surface area is 140 Å². The molecular formula is C17H18N2O4S. The topological polar surface area (TPSA) is 84.8 Å². The highest BCUT2D eigenvalue weighted by Gasteiger charge is 2.32. The number of carbonyl (C=O) groups is 1. The molecule has 1 amide bonds. The molecule has 0 spiro atoms. The van der Waals surface area contributed by atoms with E-state index in [0.717, 1.165) is 16.3 Å². The van der Waals surface area contributed by atoms with Crippen LogP contribution < -0.4 is 10.2 Å². The summed E-state index contributed by atoms with van der Waals surface area (Å²) in [4.78, 5) is 12.0.